The molecule has 10 heavy (non-hydrogen) atoms. The maximum absolute atomic E-state index is 5.06. The van der Waals surface area contributed by atoms with Crippen molar-refractivity contribution in [2.45, 2.75) is 25.4 Å². The smallest absolute Gasteiger partial charge is 0.134 e. The molecule has 1 unspecified atom stereocenters. The van der Waals surface area contributed by atoms with E-state index in [1.54, 1.807) is 0 Å². The number of hydrogen-bond acceptors (Lipinski definition) is 2. The van der Waals surface area contributed by atoms with Crippen LogP contribution in [0.1, 0.15) is 19.3 Å². The van der Waals surface area contributed by atoms with Crippen LogP contribution in [0.4, 0.5) is 0 Å². The lowest BCUT2D eigenvalue weighted by Gasteiger charge is -2.03. The lowest BCUT2D eigenvalue weighted by atomic mass is 10.1. The SMILES string of the molecule is C=CCCC1CC(Br)=NO1. The van der Waals surface area contributed by atoms with Crippen LogP contribution < -0.4 is 0 Å². The molecule has 0 aromatic heterocycles. The fourth-order valence-corrected chi connectivity index (χ4v) is 1.30. The summed E-state index contributed by atoms with van der Waals surface area (Å²) in [5, 5.41) is 3.77. The monoisotopic (exact) mass is 203 g/mol. The first-order valence-corrected chi connectivity index (χ1v) is 4.11. The van der Waals surface area contributed by atoms with E-state index in [1.165, 1.54) is 0 Å². The predicted octanol–water partition coefficient (Wildman–Crippen LogP) is 2.45. The summed E-state index contributed by atoms with van der Waals surface area (Å²) in [6.07, 6.45) is 5.10. The minimum absolute atomic E-state index is 0.271. The molecule has 0 saturated carbocycles. The normalized spacial score (nSPS) is 23.7. The highest BCUT2D eigenvalue weighted by Gasteiger charge is 2.17. The Bertz CT molecular complexity index is 156. The number of halogens is 1. The molecular formula is C7H10BrNO. The molecule has 1 rings (SSSR count). The first-order chi connectivity index (χ1) is 4.83. The molecule has 0 N–H and O–H groups in total. The number of oxime groups is 1. The maximum Gasteiger partial charge on any atom is 0.134 e. The molecule has 1 aliphatic rings. The van der Waals surface area contributed by atoms with Crippen molar-refractivity contribution >= 4 is 20.6 Å². The summed E-state index contributed by atoms with van der Waals surface area (Å²) in [5.41, 5.74) is 0. The Morgan fingerprint density at radius 1 is 1.90 bits per heavy atom. The van der Waals surface area contributed by atoms with Gasteiger partial charge in [-0.2, -0.15) is 0 Å². The number of hydrogen-bond donors (Lipinski definition) is 0. The third kappa shape index (κ3) is 2.14. The van der Waals surface area contributed by atoms with E-state index in [0.717, 1.165) is 23.9 Å². The lowest BCUT2D eigenvalue weighted by Crippen LogP contribution is -2.04. The first kappa shape index (κ1) is 7.79. The second-order valence-corrected chi connectivity index (χ2v) is 3.18. The van der Waals surface area contributed by atoms with E-state index in [2.05, 4.69) is 27.7 Å². The van der Waals surface area contributed by atoms with Crippen LogP contribution in [0, 0.1) is 0 Å². The predicted molar refractivity (Wildman–Crippen MR) is 45.3 cm³/mol. The molecule has 1 atom stereocenters. The van der Waals surface area contributed by atoms with Crippen molar-refractivity contribution in [2.24, 2.45) is 5.16 Å². The molecule has 0 bridgehead atoms. The second kappa shape index (κ2) is 3.76. The summed E-state index contributed by atoms with van der Waals surface area (Å²) in [5.74, 6) is 0. The van der Waals surface area contributed by atoms with Gasteiger partial charge in [-0.05, 0) is 28.8 Å². The molecule has 0 radical (unpaired) electrons. The van der Waals surface area contributed by atoms with Crippen molar-refractivity contribution < 1.29 is 4.84 Å². The molecule has 56 valence electrons. The lowest BCUT2D eigenvalue weighted by molar-refractivity contribution is 0.0800. The molecule has 2 nitrogen and oxygen atoms in total. The molecule has 1 heterocycles. The summed E-state index contributed by atoms with van der Waals surface area (Å²) in [7, 11) is 0. The van der Waals surface area contributed by atoms with Crippen LogP contribution in [0.2, 0.25) is 0 Å². The Balaban J connectivity index is 2.16. The van der Waals surface area contributed by atoms with E-state index in [4.69, 9.17) is 4.84 Å². The molecule has 0 amide bonds. The maximum atomic E-state index is 5.06. The second-order valence-electron chi connectivity index (χ2n) is 2.27. The average molecular weight is 204 g/mol. The Labute approximate surface area is 69.1 Å². The van der Waals surface area contributed by atoms with E-state index in [-0.39, 0.29) is 6.10 Å². The Kier molecular flexibility index (Phi) is 2.93. The van der Waals surface area contributed by atoms with Crippen LogP contribution in [0.25, 0.3) is 0 Å². The van der Waals surface area contributed by atoms with Crippen LogP contribution in [0.3, 0.4) is 0 Å². The first-order valence-electron chi connectivity index (χ1n) is 3.32. The number of nitrogens with zero attached hydrogens (tertiary/aromatic N) is 1. The van der Waals surface area contributed by atoms with Crippen LogP contribution in [-0.2, 0) is 4.84 Å². The summed E-state index contributed by atoms with van der Waals surface area (Å²) < 4.78 is 0.918. The summed E-state index contributed by atoms with van der Waals surface area (Å²) in [4.78, 5) is 5.06. The van der Waals surface area contributed by atoms with Gasteiger partial charge in [0.2, 0.25) is 0 Å². The van der Waals surface area contributed by atoms with Crippen LogP contribution in [0.15, 0.2) is 17.8 Å². The zero-order chi connectivity index (χ0) is 7.40. The van der Waals surface area contributed by atoms with Gasteiger partial charge in [0.1, 0.15) is 10.7 Å². The average Bonchev–Trinajstić information content (AvgIpc) is 2.31. The van der Waals surface area contributed by atoms with Gasteiger partial charge in [-0.25, -0.2) is 0 Å². The third-order valence-corrected chi connectivity index (χ3v) is 1.86. The Hall–Kier alpha value is -0.310. The van der Waals surface area contributed by atoms with Gasteiger partial charge >= 0.3 is 0 Å². The van der Waals surface area contributed by atoms with Gasteiger partial charge in [-0.3, -0.25) is 0 Å². The van der Waals surface area contributed by atoms with Gasteiger partial charge in [0.15, 0.2) is 0 Å². The van der Waals surface area contributed by atoms with Crippen molar-refractivity contribution in [3.63, 3.8) is 0 Å². The molecular weight excluding hydrogens is 194 g/mol. The van der Waals surface area contributed by atoms with Gasteiger partial charge in [-0.1, -0.05) is 11.2 Å². The zero-order valence-electron chi connectivity index (χ0n) is 5.72. The molecule has 0 aliphatic carbocycles. The highest BCUT2D eigenvalue weighted by molar-refractivity contribution is 9.18. The van der Waals surface area contributed by atoms with E-state index in [1.807, 2.05) is 6.08 Å². The van der Waals surface area contributed by atoms with Gasteiger partial charge < -0.3 is 4.84 Å². The van der Waals surface area contributed by atoms with Gasteiger partial charge in [0, 0.05) is 6.42 Å². The van der Waals surface area contributed by atoms with Crippen molar-refractivity contribution in [1.82, 2.24) is 0 Å². The zero-order valence-corrected chi connectivity index (χ0v) is 7.30. The van der Waals surface area contributed by atoms with Crippen LogP contribution >= 0.6 is 15.9 Å². The van der Waals surface area contributed by atoms with Crippen molar-refractivity contribution in [3.8, 4) is 0 Å². The van der Waals surface area contributed by atoms with E-state index in [9.17, 15) is 0 Å². The van der Waals surface area contributed by atoms with Crippen LogP contribution in [-0.4, -0.2) is 10.7 Å². The number of allylic oxidation sites excluding steroid dienone is 1. The van der Waals surface area contributed by atoms with Crippen molar-refractivity contribution in [2.75, 3.05) is 0 Å². The molecule has 3 heteroatoms. The molecule has 1 aliphatic heterocycles. The quantitative estimate of drug-likeness (QED) is 0.647. The molecule has 0 fully saturated rings. The Morgan fingerprint density at radius 2 is 2.70 bits per heavy atom. The Morgan fingerprint density at radius 3 is 3.20 bits per heavy atom. The molecule has 0 aromatic carbocycles. The summed E-state index contributed by atoms with van der Waals surface area (Å²) in [6, 6.07) is 0. The largest absolute Gasteiger partial charge is 0.391 e. The highest BCUT2D eigenvalue weighted by Crippen LogP contribution is 2.18. The minimum Gasteiger partial charge on any atom is -0.391 e. The van der Waals surface area contributed by atoms with Gasteiger partial charge in [-0.15, -0.1) is 6.58 Å². The van der Waals surface area contributed by atoms with Gasteiger partial charge in [0.05, 0.1) is 0 Å². The molecule has 0 saturated heterocycles. The summed E-state index contributed by atoms with van der Waals surface area (Å²) in [6.45, 7) is 3.64. The summed E-state index contributed by atoms with van der Waals surface area (Å²) >= 11 is 3.27. The molecule has 0 aromatic rings. The standard InChI is InChI=1S/C7H10BrNO/c1-2-3-4-6-5-7(8)9-10-6/h2,6H,1,3-5H2. The fourth-order valence-electron chi connectivity index (χ4n) is 0.853. The van der Waals surface area contributed by atoms with Gasteiger partial charge in [0.25, 0.3) is 0 Å². The van der Waals surface area contributed by atoms with E-state index in [0.29, 0.717) is 0 Å². The van der Waals surface area contributed by atoms with Crippen molar-refractivity contribution in [3.05, 3.63) is 12.7 Å². The van der Waals surface area contributed by atoms with Crippen LogP contribution in [0.5, 0.6) is 0 Å². The van der Waals surface area contributed by atoms with Crippen molar-refractivity contribution in [1.29, 1.82) is 0 Å². The third-order valence-electron chi connectivity index (χ3n) is 1.39. The minimum atomic E-state index is 0.271. The molecule has 0 spiro atoms. The topological polar surface area (TPSA) is 21.6 Å². The van der Waals surface area contributed by atoms with E-state index < -0.39 is 0 Å². The van der Waals surface area contributed by atoms with E-state index >= 15 is 0 Å². The number of rotatable bonds is 3. The highest BCUT2D eigenvalue weighted by atomic mass is 79.9. The fraction of sp³-hybridized carbons (Fsp3) is 0.571.